The second-order valence-corrected chi connectivity index (χ2v) is 5.20. The van der Waals surface area contributed by atoms with Crippen LogP contribution in [0.3, 0.4) is 0 Å². The maximum absolute atomic E-state index is 11.7. The summed E-state index contributed by atoms with van der Waals surface area (Å²) in [6.07, 6.45) is 0.0580. The van der Waals surface area contributed by atoms with Gasteiger partial charge in [0.15, 0.2) is 0 Å². The van der Waals surface area contributed by atoms with E-state index >= 15 is 0 Å². The minimum atomic E-state index is -1.70. The second-order valence-electron chi connectivity index (χ2n) is 4.34. The Labute approximate surface area is 124 Å². The third-order valence-corrected chi connectivity index (χ3v) is 3.92. The molecule has 0 aliphatic heterocycles. The van der Waals surface area contributed by atoms with Crippen molar-refractivity contribution in [1.82, 2.24) is 4.98 Å². The van der Waals surface area contributed by atoms with E-state index in [1.165, 1.54) is 12.5 Å². The van der Waals surface area contributed by atoms with Gasteiger partial charge in [0.05, 0.1) is 5.69 Å². The Hall–Kier alpha value is -2.25. The second kappa shape index (κ2) is 6.02. The number of methoxy groups -OCH3 is 1. The van der Waals surface area contributed by atoms with Crippen molar-refractivity contribution in [2.75, 3.05) is 7.11 Å². The van der Waals surface area contributed by atoms with Crippen LogP contribution in [0.2, 0.25) is 0 Å². The van der Waals surface area contributed by atoms with E-state index in [1.54, 1.807) is 24.3 Å². The van der Waals surface area contributed by atoms with Gasteiger partial charge in [-0.15, -0.1) is 11.3 Å². The Kier molecular flexibility index (Phi) is 4.35. The number of hydrogen-bond acceptors (Lipinski definition) is 5. The van der Waals surface area contributed by atoms with E-state index in [1.807, 2.05) is 6.07 Å². The SMILES string of the molecule is COC(Cc1ccccc1)(C(=O)O)c1csc(C(=O)O)n1. The molecular formula is C14H13NO5S. The first-order valence-electron chi connectivity index (χ1n) is 6.01. The summed E-state index contributed by atoms with van der Waals surface area (Å²) < 4.78 is 5.23. The number of aliphatic carboxylic acids is 1. The topological polar surface area (TPSA) is 96.7 Å². The monoisotopic (exact) mass is 307 g/mol. The molecule has 6 nitrogen and oxygen atoms in total. The maximum atomic E-state index is 11.7. The molecule has 1 unspecified atom stereocenters. The van der Waals surface area contributed by atoms with Gasteiger partial charge >= 0.3 is 11.9 Å². The molecule has 0 radical (unpaired) electrons. The summed E-state index contributed by atoms with van der Waals surface area (Å²) in [6, 6.07) is 8.97. The largest absolute Gasteiger partial charge is 0.479 e. The van der Waals surface area contributed by atoms with E-state index in [4.69, 9.17) is 9.84 Å². The lowest BCUT2D eigenvalue weighted by molar-refractivity contribution is -0.164. The lowest BCUT2D eigenvalue weighted by Crippen LogP contribution is -2.40. The number of thiazole rings is 1. The van der Waals surface area contributed by atoms with Crippen LogP contribution in [0.25, 0.3) is 0 Å². The van der Waals surface area contributed by atoms with Crippen LogP contribution in [0.15, 0.2) is 35.7 Å². The zero-order valence-electron chi connectivity index (χ0n) is 11.1. The minimum Gasteiger partial charge on any atom is -0.479 e. The number of carboxylic acid groups (broad SMARTS) is 2. The molecule has 7 heteroatoms. The van der Waals surface area contributed by atoms with Crippen molar-refractivity contribution in [1.29, 1.82) is 0 Å². The van der Waals surface area contributed by atoms with Crippen LogP contribution < -0.4 is 0 Å². The quantitative estimate of drug-likeness (QED) is 0.847. The summed E-state index contributed by atoms with van der Waals surface area (Å²) in [7, 11) is 1.27. The molecule has 0 saturated carbocycles. The first kappa shape index (κ1) is 15.1. The van der Waals surface area contributed by atoms with Crippen molar-refractivity contribution in [3.63, 3.8) is 0 Å². The van der Waals surface area contributed by atoms with E-state index in [9.17, 15) is 14.7 Å². The van der Waals surface area contributed by atoms with Gasteiger partial charge in [0.2, 0.25) is 10.6 Å². The highest BCUT2D eigenvalue weighted by atomic mass is 32.1. The number of carboxylic acids is 2. The van der Waals surface area contributed by atoms with Crippen LogP contribution in [0, 0.1) is 0 Å². The Balaban J connectivity index is 2.45. The van der Waals surface area contributed by atoms with Gasteiger partial charge in [0, 0.05) is 18.9 Å². The predicted octanol–water partition coefficient (Wildman–Crippen LogP) is 2.01. The summed E-state index contributed by atoms with van der Waals surface area (Å²) in [5, 5.41) is 19.7. The third-order valence-electron chi connectivity index (χ3n) is 3.09. The number of ether oxygens (including phenoxy) is 1. The van der Waals surface area contributed by atoms with E-state index in [-0.39, 0.29) is 17.1 Å². The zero-order valence-corrected chi connectivity index (χ0v) is 12.0. The lowest BCUT2D eigenvalue weighted by Gasteiger charge is -2.26. The summed E-state index contributed by atoms with van der Waals surface area (Å²) in [5.74, 6) is -2.41. The predicted molar refractivity (Wildman–Crippen MR) is 75.5 cm³/mol. The van der Waals surface area contributed by atoms with Crippen LogP contribution in [0.5, 0.6) is 0 Å². The number of aromatic carboxylic acids is 1. The normalized spacial score (nSPS) is 13.6. The van der Waals surface area contributed by atoms with Gasteiger partial charge in [-0.25, -0.2) is 14.6 Å². The van der Waals surface area contributed by atoms with Crippen molar-refractivity contribution >= 4 is 23.3 Å². The molecule has 0 bridgehead atoms. The number of carbonyl (C=O) groups is 2. The molecule has 2 rings (SSSR count). The van der Waals surface area contributed by atoms with Gasteiger partial charge < -0.3 is 14.9 Å². The van der Waals surface area contributed by atoms with E-state index in [2.05, 4.69) is 4.98 Å². The molecule has 21 heavy (non-hydrogen) atoms. The number of rotatable bonds is 6. The molecule has 2 aromatic rings. The smallest absolute Gasteiger partial charge is 0.365 e. The standard InChI is InChI=1S/C14H13NO5S/c1-20-14(13(18)19,7-9-5-3-2-4-6-9)10-8-21-11(15-10)12(16)17/h2-6,8H,7H2,1H3,(H,16,17)(H,18,19). The number of hydrogen-bond donors (Lipinski definition) is 2. The Morgan fingerprint density at radius 1 is 1.29 bits per heavy atom. The van der Waals surface area contributed by atoms with Gasteiger partial charge in [0.25, 0.3) is 0 Å². The van der Waals surface area contributed by atoms with E-state index < -0.39 is 17.5 Å². The number of benzene rings is 1. The highest BCUT2D eigenvalue weighted by Gasteiger charge is 2.43. The van der Waals surface area contributed by atoms with Crippen molar-refractivity contribution < 1.29 is 24.5 Å². The highest BCUT2D eigenvalue weighted by molar-refractivity contribution is 7.11. The van der Waals surface area contributed by atoms with Crippen LogP contribution in [0.1, 0.15) is 21.1 Å². The van der Waals surface area contributed by atoms with Crippen molar-refractivity contribution in [3.05, 3.63) is 52.0 Å². The summed E-state index contributed by atoms with van der Waals surface area (Å²) in [6.45, 7) is 0. The molecule has 1 heterocycles. The lowest BCUT2D eigenvalue weighted by atomic mass is 9.91. The van der Waals surface area contributed by atoms with Crippen molar-refractivity contribution in [2.24, 2.45) is 0 Å². The molecule has 2 N–H and O–H groups in total. The highest BCUT2D eigenvalue weighted by Crippen LogP contribution is 2.31. The molecule has 0 aliphatic carbocycles. The maximum Gasteiger partial charge on any atom is 0.365 e. The fraction of sp³-hybridized carbons (Fsp3) is 0.214. The molecule has 1 aromatic carbocycles. The van der Waals surface area contributed by atoms with Crippen LogP contribution in [-0.4, -0.2) is 34.2 Å². The molecule has 1 atom stereocenters. The van der Waals surface area contributed by atoms with Gasteiger partial charge in [-0.05, 0) is 5.56 Å². The van der Waals surface area contributed by atoms with Crippen LogP contribution >= 0.6 is 11.3 Å². The molecule has 0 amide bonds. The molecule has 1 aromatic heterocycles. The van der Waals surface area contributed by atoms with Gasteiger partial charge in [-0.2, -0.15) is 0 Å². The fourth-order valence-electron chi connectivity index (χ4n) is 1.98. The average molecular weight is 307 g/mol. The van der Waals surface area contributed by atoms with E-state index in [0.717, 1.165) is 16.9 Å². The van der Waals surface area contributed by atoms with Crippen LogP contribution in [0.4, 0.5) is 0 Å². The van der Waals surface area contributed by atoms with Crippen LogP contribution in [-0.2, 0) is 21.6 Å². The molecule has 110 valence electrons. The number of aromatic nitrogens is 1. The summed E-state index contributed by atoms with van der Waals surface area (Å²) in [4.78, 5) is 26.5. The Morgan fingerprint density at radius 2 is 1.95 bits per heavy atom. The van der Waals surface area contributed by atoms with Gasteiger partial charge in [-0.3, -0.25) is 0 Å². The molecule has 0 fully saturated rings. The zero-order chi connectivity index (χ0) is 15.5. The summed E-state index contributed by atoms with van der Waals surface area (Å²) in [5.41, 5.74) is -0.860. The van der Waals surface area contributed by atoms with Gasteiger partial charge in [-0.1, -0.05) is 30.3 Å². The summed E-state index contributed by atoms with van der Waals surface area (Å²) >= 11 is 0.874. The van der Waals surface area contributed by atoms with Crippen molar-refractivity contribution in [3.8, 4) is 0 Å². The minimum absolute atomic E-state index is 0.0580. The third kappa shape index (κ3) is 2.93. The fourth-order valence-corrected chi connectivity index (χ4v) is 2.70. The van der Waals surface area contributed by atoms with Gasteiger partial charge in [0.1, 0.15) is 0 Å². The molecular weight excluding hydrogens is 294 g/mol. The van der Waals surface area contributed by atoms with Crippen molar-refractivity contribution in [2.45, 2.75) is 12.0 Å². The Morgan fingerprint density at radius 3 is 2.43 bits per heavy atom. The molecule has 0 aliphatic rings. The first-order chi connectivity index (χ1) is 9.99. The average Bonchev–Trinajstić information content (AvgIpc) is 2.96. The first-order valence-corrected chi connectivity index (χ1v) is 6.89. The number of nitrogens with zero attached hydrogens (tertiary/aromatic N) is 1. The molecule has 0 saturated heterocycles. The van der Waals surface area contributed by atoms with E-state index in [0.29, 0.717) is 0 Å². The Bertz CT molecular complexity index is 654. The molecule has 0 spiro atoms.